The second kappa shape index (κ2) is 4.67. The van der Waals surface area contributed by atoms with Crippen molar-refractivity contribution < 1.29 is 15.0 Å². The van der Waals surface area contributed by atoms with Gasteiger partial charge in [0.05, 0.1) is 11.7 Å². The number of rotatable bonds is 0. The molecule has 0 saturated heterocycles. The van der Waals surface area contributed by atoms with Crippen LogP contribution in [0.3, 0.4) is 0 Å². The van der Waals surface area contributed by atoms with Gasteiger partial charge in [-0.1, -0.05) is 12.5 Å². The van der Waals surface area contributed by atoms with Gasteiger partial charge in [-0.25, -0.2) is 0 Å². The first kappa shape index (κ1) is 14.9. The van der Waals surface area contributed by atoms with Gasteiger partial charge in [-0.3, -0.25) is 4.79 Å². The minimum absolute atomic E-state index is 0.129. The molecule has 0 bridgehead atoms. The van der Waals surface area contributed by atoms with Crippen molar-refractivity contribution in [2.75, 3.05) is 0 Å². The normalized spacial score (nSPS) is 54.3. The number of hydrogen-bond acceptors (Lipinski definition) is 3. The smallest absolute Gasteiger partial charge is 0.155 e. The van der Waals surface area contributed by atoms with Gasteiger partial charge in [0.2, 0.25) is 0 Å². The quantitative estimate of drug-likeness (QED) is 0.723. The Morgan fingerprint density at radius 3 is 2.68 bits per heavy atom. The SMILES string of the molecule is CC1(O)C[C@H]2[C@@H]3CCC4=CC(=O)CC[C@@H]4[C@H]3CC[C@]2(C)C1O. The van der Waals surface area contributed by atoms with Crippen LogP contribution in [0.25, 0.3) is 0 Å². The van der Waals surface area contributed by atoms with Crippen molar-refractivity contribution in [2.24, 2.45) is 29.1 Å². The molecule has 0 aliphatic heterocycles. The monoisotopic (exact) mass is 304 g/mol. The van der Waals surface area contributed by atoms with Crippen molar-refractivity contribution in [3.05, 3.63) is 11.6 Å². The molecular formula is C19H28O3. The van der Waals surface area contributed by atoms with E-state index in [0.717, 1.165) is 38.5 Å². The van der Waals surface area contributed by atoms with E-state index in [2.05, 4.69) is 6.92 Å². The highest BCUT2D eigenvalue weighted by atomic mass is 16.3. The van der Waals surface area contributed by atoms with Gasteiger partial charge in [0, 0.05) is 6.42 Å². The summed E-state index contributed by atoms with van der Waals surface area (Å²) in [5.74, 6) is 2.59. The number of allylic oxidation sites excluding steroid dienone is 1. The topological polar surface area (TPSA) is 57.5 Å². The van der Waals surface area contributed by atoms with Crippen LogP contribution in [0, 0.1) is 29.1 Å². The number of carbonyl (C=O) groups excluding carboxylic acids is 1. The molecule has 2 N–H and O–H groups in total. The molecule has 3 fully saturated rings. The van der Waals surface area contributed by atoms with Gasteiger partial charge < -0.3 is 10.2 Å². The number of ketones is 1. The van der Waals surface area contributed by atoms with Crippen LogP contribution in [0.15, 0.2) is 11.6 Å². The minimum atomic E-state index is -0.938. The number of fused-ring (bicyclic) bond motifs is 5. The lowest BCUT2D eigenvalue weighted by atomic mass is 9.52. The fraction of sp³-hybridized carbons (Fsp3) is 0.842. The summed E-state index contributed by atoms with van der Waals surface area (Å²) in [6.07, 6.45) is 8.11. The molecule has 2 unspecified atom stereocenters. The molecule has 0 aromatic carbocycles. The van der Waals surface area contributed by atoms with Crippen LogP contribution < -0.4 is 0 Å². The van der Waals surface area contributed by atoms with E-state index < -0.39 is 11.7 Å². The van der Waals surface area contributed by atoms with E-state index in [1.165, 1.54) is 5.57 Å². The van der Waals surface area contributed by atoms with Gasteiger partial charge in [0.25, 0.3) is 0 Å². The Balaban J connectivity index is 1.65. The maximum Gasteiger partial charge on any atom is 0.155 e. The molecule has 3 nitrogen and oxygen atoms in total. The summed E-state index contributed by atoms with van der Waals surface area (Å²) >= 11 is 0. The maximum atomic E-state index is 11.7. The second-order valence-corrected chi connectivity index (χ2v) is 8.81. The fourth-order valence-corrected chi connectivity index (χ4v) is 6.52. The second-order valence-electron chi connectivity index (χ2n) is 8.81. The molecule has 0 amide bonds. The summed E-state index contributed by atoms with van der Waals surface area (Å²) < 4.78 is 0. The lowest BCUT2D eigenvalue weighted by Gasteiger charge is -2.53. The standard InChI is InChI=1S/C19H28O3/c1-18-8-7-14-13-6-4-12(20)9-11(13)3-5-15(14)16(18)10-19(2,22)17(18)21/h9,13-17,21-22H,3-8,10H2,1-2H3/t13-,14+,15+,16-,17?,18-,19?/m0/s1. The van der Waals surface area contributed by atoms with Crippen LogP contribution in [0.5, 0.6) is 0 Å². The Morgan fingerprint density at radius 1 is 1.14 bits per heavy atom. The van der Waals surface area contributed by atoms with Crippen LogP contribution in [-0.2, 0) is 4.79 Å². The summed E-state index contributed by atoms with van der Waals surface area (Å²) in [5, 5.41) is 21.3. The highest BCUT2D eigenvalue weighted by Crippen LogP contribution is 2.63. The Hall–Kier alpha value is -0.670. The predicted octanol–water partition coefficient (Wildman–Crippen LogP) is 2.85. The predicted molar refractivity (Wildman–Crippen MR) is 84.1 cm³/mol. The first-order valence-corrected chi connectivity index (χ1v) is 8.97. The number of aliphatic hydroxyl groups excluding tert-OH is 1. The maximum absolute atomic E-state index is 11.7. The molecular weight excluding hydrogens is 276 g/mol. The molecule has 4 aliphatic carbocycles. The van der Waals surface area contributed by atoms with Crippen molar-refractivity contribution in [1.29, 1.82) is 0 Å². The zero-order valence-corrected chi connectivity index (χ0v) is 13.7. The first-order valence-electron chi connectivity index (χ1n) is 8.97. The molecule has 7 atom stereocenters. The third kappa shape index (κ3) is 1.91. The van der Waals surface area contributed by atoms with E-state index in [4.69, 9.17) is 0 Å². The number of hydrogen-bond donors (Lipinski definition) is 2. The van der Waals surface area contributed by atoms with Crippen LogP contribution in [-0.4, -0.2) is 27.7 Å². The Kier molecular flexibility index (Phi) is 3.16. The fourth-order valence-electron chi connectivity index (χ4n) is 6.52. The van der Waals surface area contributed by atoms with Gasteiger partial charge >= 0.3 is 0 Å². The Morgan fingerprint density at radius 2 is 1.91 bits per heavy atom. The average molecular weight is 304 g/mol. The van der Waals surface area contributed by atoms with Crippen molar-refractivity contribution in [1.82, 2.24) is 0 Å². The summed E-state index contributed by atoms with van der Waals surface area (Å²) in [6.45, 7) is 4.00. The zero-order valence-electron chi connectivity index (χ0n) is 13.7. The van der Waals surface area contributed by atoms with E-state index >= 15 is 0 Å². The minimum Gasteiger partial charge on any atom is -0.390 e. The van der Waals surface area contributed by atoms with E-state index in [-0.39, 0.29) is 5.41 Å². The van der Waals surface area contributed by atoms with Crippen molar-refractivity contribution in [3.63, 3.8) is 0 Å². The lowest BCUT2D eigenvalue weighted by Crippen LogP contribution is -2.49. The molecule has 0 aromatic rings. The van der Waals surface area contributed by atoms with Gasteiger partial charge in [-0.05, 0) is 80.6 Å². The summed E-state index contributed by atoms with van der Waals surface area (Å²) in [6, 6.07) is 0. The van der Waals surface area contributed by atoms with E-state index in [9.17, 15) is 15.0 Å². The summed E-state index contributed by atoms with van der Waals surface area (Å²) in [4.78, 5) is 11.7. The molecule has 4 aliphatic rings. The molecule has 4 rings (SSSR count). The molecule has 0 spiro atoms. The van der Waals surface area contributed by atoms with Crippen molar-refractivity contribution in [2.45, 2.75) is 70.5 Å². The molecule has 122 valence electrons. The molecule has 22 heavy (non-hydrogen) atoms. The Bertz CT molecular complexity index is 535. The summed E-state index contributed by atoms with van der Waals surface area (Å²) in [5.41, 5.74) is 0.329. The van der Waals surface area contributed by atoms with E-state index in [1.54, 1.807) is 0 Å². The molecule has 0 aromatic heterocycles. The zero-order chi connectivity index (χ0) is 15.7. The third-order valence-corrected chi connectivity index (χ3v) is 7.58. The van der Waals surface area contributed by atoms with Gasteiger partial charge in [0.15, 0.2) is 5.78 Å². The van der Waals surface area contributed by atoms with Gasteiger partial charge in [-0.2, -0.15) is 0 Å². The molecule has 3 heteroatoms. The first-order chi connectivity index (χ1) is 10.3. The number of aliphatic hydroxyl groups is 2. The molecule has 3 saturated carbocycles. The van der Waals surface area contributed by atoms with E-state index in [1.807, 2.05) is 13.0 Å². The summed E-state index contributed by atoms with van der Waals surface area (Å²) in [7, 11) is 0. The van der Waals surface area contributed by atoms with Crippen LogP contribution in [0.4, 0.5) is 0 Å². The van der Waals surface area contributed by atoms with Crippen LogP contribution in [0.2, 0.25) is 0 Å². The largest absolute Gasteiger partial charge is 0.390 e. The average Bonchev–Trinajstić information content (AvgIpc) is 2.66. The van der Waals surface area contributed by atoms with Crippen molar-refractivity contribution >= 4 is 5.78 Å². The van der Waals surface area contributed by atoms with Gasteiger partial charge in [0.1, 0.15) is 0 Å². The van der Waals surface area contributed by atoms with E-state index in [0.29, 0.717) is 35.9 Å². The van der Waals surface area contributed by atoms with Crippen LogP contribution >= 0.6 is 0 Å². The van der Waals surface area contributed by atoms with Crippen LogP contribution in [0.1, 0.15) is 58.8 Å². The number of carbonyl (C=O) groups is 1. The molecule has 0 heterocycles. The highest BCUT2D eigenvalue weighted by molar-refractivity contribution is 5.91. The highest BCUT2D eigenvalue weighted by Gasteiger charge is 2.62. The van der Waals surface area contributed by atoms with Crippen molar-refractivity contribution in [3.8, 4) is 0 Å². The molecule has 0 radical (unpaired) electrons. The third-order valence-electron chi connectivity index (χ3n) is 7.58. The van der Waals surface area contributed by atoms with Gasteiger partial charge in [-0.15, -0.1) is 0 Å². The Labute approximate surface area is 132 Å². The lowest BCUT2D eigenvalue weighted by molar-refractivity contribution is -0.116.